The lowest BCUT2D eigenvalue weighted by Gasteiger charge is -2.32. The Labute approximate surface area is 173 Å². The molecule has 0 N–H and O–H groups in total. The number of rotatable bonds is 6. The summed E-state index contributed by atoms with van der Waals surface area (Å²) in [5.41, 5.74) is 1.46. The second-order valence-electron chi connectivity index (χ2n) is 6.86. The monoisotopic (exact) mass is 414 g/mol. The molecule has 0 bridgehead atoms. The molecule has 0 aliphatic carbocycles. The third-order valence-corrected chi connectivity index (χ3v) is 6.50. The number of benzene rings is 1. The van der Waals surface area contributed by atoms with Gasteiger partial charge in [0.15, 0.2) is 5.17 Å². The van der Waals surface area contributed by atoms with Crippen LogP contribution in [0.5, 0.6) is 11.5 Å². The Morgan fingerprint density at radius 3 is 2.69 bits per heavy atom. The average molecular weight is 414 g/mol. The van der Waals surface area contributed by atoms with Gasteiger partial charge in [-0.1, -0.05) is 24.8 Å². The second-order valence-corrected chi connectivity index (χ2v) is 7.85. The molecule has 2 aromatic rings. The van der Waals surface area contributed by atoms with Gasteiger partial charge in [-0.25, -0.2) is 0 Å². The fourth-order valence-corrected chi connectivity index (χ4v) is 5.30. The highest BCUT2D eigenvalue weighted by Crippen LogP contribution is 2.52. The normalized spacial score (nSPS) is 22.9. The number of methoxy groups -OCH3 is 2. The molecule has 1 saturated heterocycles. The van der Waals surface area contributed by atoms with Crippen molar-refractivity contribution >= 4 is 22.6 Å². The highest BCUT2D eigenvalue weighted by Gasteiger charge is 2.47. The molecule has 9 heteroatoms. The lowest BCUT2D eigenvalue weighted by Crippen LogP contribution is -2.35. The maximum absolute atomic E-state index is 11.7. The molecule has 3 heterocycles. The maximum atomic E-state index is 11.7. The zero-order chi connectivity index (χ0) is 20.5. The summed E-state index contributed by atoms with van der Waals surface area (Å²) in [5.74, 6) is 1.66. The molecular weight excluding hydrogens is 392 g/mol. The summed E-state index contributed by atoms with van der Waals surface area (Å²) in [7, 11) is 2.98. The Bertz CT molecular complexity index is 953. The number of hydrogen-bond donors (Lipinski definition) is 0. The van der Waals surface area contributed by atoms with Crippen molar-refractivity contribution in [2.24, 2.45) is 4.99 Å². The summed E-state index contributed by atoms with van der Waals surface area (Å²) < 4.78 is 10.9. The van der Waals surface area contributed by atoms with Crippen LogP contribution in [-0.4, -0.2) is 46.0 Å². The van der Waals surface area contributed by atoms with Gasteiger partial charge >= 0.3 is 5.69 Å². The second kappa shape index (κ2) is 7.90. The van der Waals surface area contributed by atoms with Crippen LogP contribution in [-0.2, 0) is 0 Å². The number of nitro groups is 1. The Morgan fingerprint density at radius 1 is 1.28 bits per heavy atom. The van der Waals surface area contributed by atoms with Crippen molar-refractivity contribution in [2.75, 3.05) is 20.0 Å². The third-order valence-electron chi connectivity index (χ3n) is 5.38. The summed E-state index contributed by atoms with van der Waals surface area (Å²) in [4.78, 5) is 23.0. The molecule has 4 rings (SSSR count). The van der Waals surface area contributed by atoms with Crippen molar-refractivity contribution in [1.82, 2.24) is 9.88 Å². The van der Waals surface area contributed by atoms with Gasteiger partial charge in [0, 0.05) is 35.7 Å². The summed E-state index contributed by atoms with van der Waals surface area (Å²) in [6, 6.07) is 8.68. The van der Waals surface area contributed by atoms with Crippen LogP contribution in [0.3, 0.4) is 0 Å². The SMILES string of the molecule is CC[C@H]1CSC2=N[C@@H](c3ccccn3)[C@@H](c3cc([N+](=O)[O-])c(OC)cc3OC)N21. The van der Waals surface area contributed by atoms with Crippen LogP contribution in [0.2, 0.25) is 0 Å². The zero-order valence-corrected chi connectivity index (χ0v) is 17.3. The first-order valence-electron chi connectivity index (χ1n) is 9.39. The van der Waals surface area contributed by atoms with E-state index in [1.807, 2.05) is 18.2 Å². The third kappa shape index (κ3) is 3.29. The molecule has 1 aromatic heterocycles. The molecular formula is C20H22N4O4S. The van der Waals surface area contributed by atoms with Crippen molar-refractivity contribution in [3.8, 4) is 11.5 Å². The van der Waals surface area contributed by atoms with E-state index in [1.165, 1.54) is 7.11 Å². The minimum Gasteiger partial charge on any atom is -0.496 e. The highest BCUT2D eigenvalue weighted by atomic mass is 32.2. The zero-order valence-electron chi connectivity index (χ0n) is 16.4. The molecule has 2 aliphatic heterocycles. The van der Waals surface area contributed by atoms with E-state index < -0.39 is 4.92 Å². The molecule has 29 heavy (non-hydrogen) atoms. The van der Waals surface area contributed by atoms with E-state index in [2.05, 4.69) is 16.8 Å². The van der Waals surface area contributed by atoms with Gasteiger partial charge in [-0.05, 0) is 18.6 Å². The first-order valence-corrected chi connectivity index (χ1v) is 10.4. The van der Waals surface area contributed by atoms with Gasteiger partial charge in [-0.15, -0.1) is 0 Å². The number of nitro benzene ring substituents is 1. The molecule has 0 unspecified atom stereocenters. The quantitative estimate of drug-likeness (QED) is 0.521. The number of aromatic nitrogens is 1. The smallest absolute Gasteiger partial charge is 0.311 e. The van der Waals surface area contributed by atoms with Crippen LogP contribution in [0, 0.1) is 10.1 Å². The van der Waals surface area contributed by atoms with Crippen molar-refractivity contribution in [3.05, 3.63) is 57.9 Å². The lowest BCUT2D eigenvalue weighted by molar-refractivity contribution is -0.385. The molecule has 3 atom stereocenters. The number of aliphatic imine (C=N–C) groups is 1. The van der Waals surface area contributed by atoms with Gasteiger partial charge in [0.05, 0.1) is 30.9 Å². The minimum absolute atomic E-state index is 0.0866. The first-order chi connectivity index (χ1) is 14.1. The molecule has 0 spiro atoms. The Hall–Kier alpha value is -2.81. The summed E-state index contributed by atoms with van der Waals surface area (Å²) in [6.45, 7) is 2.15. The summed E-state index contributed by atoms with van der Waals surface area (Å²) in [5, 5.41) is 12.6. The number of thioether (sulfide) groups is 1. The van der Waals surface area contributed by atoms with Gasteiger partial charge in [0.1, 0.15) is 11.8 Å². The van der Waals surface area contributed by atoms with Gasteiger partial charge in [-0.2, -0.15) is 0 Å². The average Bonchev–Trinajstić information content (AvgIpc) is 3.32. The fourth-order valence-electron chi connectivity index (χ4n) is 3.97. The van der Waals surface area contributed by atoms with Crippen LogP contribution >= 0.6 is 11.8 Å². The van der Waals surface area contributed by atoms with Gasteiger partial charge < -0.3 is 14.4 Å². The van der Waals surface area contributed by atoms with E-state index in [1.54, 1.807) is 37.2 Å². The molecule has 152 valence electrons. The van der Waals surface area contributed by atoms with Crippen LogP contribution in [0.4, 0.5) is 5.69 Å². The highest BCUT2D eigenvalue weighted by molar-refractivity contribution is 8.14. The van der Waals surface area contributed by atoms with E-state index in [-0.39, 0.29) is 23.5 Å². The number of pyridine rings is 1. The van der Waals surface area contributed by atoms with Gasteiger partial charge in [0.25, 0.3) is 0 Å². The Morgan fingerprint density at radius 2 is 2.07 bits per heavy atom. The van der Waals surface area contributed by atoms with E-state index in [0.717, 1.165) is 28.6 Å². The van der Waals surface area contributed by atoms with Crippen LogP contribution < -0.4 is 9.47 Å². The Balaban J connectivity index is 1.90. The maximum Gasteiger partial charge on any atom is 0.311 e. The van der Waals surface area contributed by atoms with E-state index in [9.17, 15) is 10.1 Å². The first kappa shape index (κ1) is 19.5. The van der Waals surface area contributed by atoms with E-state index in [4.69, 9.17) is 14.5 Å². The number of hydrogen-bond acceptors (Lipinski definition) is 8. The molecule has 1 aromatic carbocycles. The fraction of sp³-hybridized carbons (Fsp3) is 0.400. The van der Waals surface area contributed by atoms with Crippen molar-refractivity contribution in [1.29, 1.82) is 0 Å². The van der Waals surface area contributed by atoms with Crippen LogP contribution in [0.15, 0.2) is 41.5 Å². The molecule has 1 fully saturated rings. The number of ether oxygens (including phenoxy) is 2. The lowest BCUT2D eigenvalue weighted by atomic mass is 9.93. The van der Waals surface area contributed by atoms with Crippen molar-refractivity contribution in [3.63, 3.8) is 0 Å². The van der Waals surface area contributed by atoms with Gasteiger partial charge in [-0.3, -0.25) is 20.1 Å². The predicted molar refractivity (Wildman–Crippen MR) is 112 cm³/mol. The van der Waals surface area contributed by atoms with E-state index >= 15 is 0 Å². The van der Waals surface area contributed by atoms with Crippen molar-refractivity contribution in [2.45, 2.75) is 31.5 Å². The predicted octanol–water partition coefficient (Wildman–Crippen LogP) is 3.99. The number of amidine groups is 1. The van der Waals surface area contributed by atoms with E-state index in [0.29, 0.717) is 11.8 Å². The number of fused-ring (bicyclic) bond motifs is 1. The van der Waals surface area contributed by atoms with Gasteiger partial charge in [0.2, 0.25) is 5.75 Å². The number of nitrogens with zero attached hydrogens (tertiary/aromatic N) is 4. The van der Waals surface area contributed by atoms with Crippen LogP contribution in [0.1, 0.15) is 36.7 Å². The Kier molecular flexibility index (Phi) is 5.31. The van der Waals surface area contributed by atoms with Crippen molar-refractivity contribution < 1.29 is 14.4 Å². The largest absolute Gasteiger partial charge is 0.496 e. The molecule has 0 amide bonds. The minimum atomic E-state index is -0.426. The topological polar surface area (TPSA) is 90.1 Å². The van der Waals surface area contributed by atoms with Crippen LogP contribution in [0.25, 0.3) is 0 Å². The standard InChI is InChI=1S/C20H22N4O4S/c1-4-12-11-29-20-22-18(14-7-5-6-8-21-14)19(23(12)20)13-9-15(24(25)26)17(28-3)10-16(13)27-2/h5-10,12,18-19H,4,11H2,1-3H3/t12-,18-,19+/m0/s1. The molecule has 0 radical (unpaired) electrons. The molecule has 0 saturated carbocycles. The molecule has 8 nitrogen and oxygen atoms in total. The summed E-state index contributed by atoms with van der Waals surface area (Å²) in [6.07, 6.45) is 2.70. The summed E-state index contributed by atoms with van der Waals surface area (Å²) >= 11 is 1.72. The molecule has 2 aliphatic rings.